The van der Waals surface area contributed by atoms with Gasteiger partial charge in [0.05, 0.1) is 12.0 Å². The van der Waals surface area contributed by atoms with E-state index in [0.29, 0.717) is 39.8 Å². The van der Waals surface area contributed by atoms with Crippen LogP contribution in [0.25, 0.3) is 22.4 Å². The van der Waals surface area contributed by atoms with E-state index in [0.717, 1.165) is 24.0 Å². The van der Waals surface area contributed by atoms with E-state index in [2.05, 4.69) is 35.6 Å². The second kappa shape index (κ2) is 8.60. The number of nitrogens with zero attached hydrogens (tertiary/aromatic N) is 4. The van der Waals surface area contributed by atoms with Crippen LogP contribution in [0.5, 0.6) is 0 Å². The van der Waals surface area contributed by atoms with Crippen LogP contribution in [0.1, 0.15) is 34.7 Å². The number of aromatic nitrogens is 5. The fourth-order valence-electron chi connectivity index (χ4n) is 4.05. The zero-order valence-corrected chi connectivity index (χ0v) is 18.5. The largest absolute Gasteiger partial charge is 0.341 e. The first kappa shape index (κ1) is 20.9. The maximum Gasteiger partial charge on any atom is 0.255 e. The summed E-state index contributed by atoms with van der Waals surface area (Å²) in [7, 11) is 0. The smallest absolute Gasteiger partial charge is 0.255 e. The maximum atomic E-state index is 14.6. The van der Waals surface area contributed by atoms with Gasteiger partial charge in [0.1, 0.15) is 29.2 Å². The molecule has 2 aromatic carbocycles. The van der Waals surface area contributed by atoms with E-state index in [1.165, 1.54) is 12.4 Å². The Morgan fingerprint density at radius 2 is 1.91 bits per heavy atom. The van der Waals surface area contributed by atoms with E-state index >= 15 is 0 Å². The number of fused-ring (bicyclic) bond motifs is 1. The number of anilines is 3. The minimum Gasteiger partial charge on any atom is -0.341 e. The normalized spacial score (nSPS) is 13.1. The first-order valence-electron chi connectivity index (χ1n) is 11.2. The summed E-state index contributed by atoms with van der Waals surface area (Å²) in [5.74, 6) is 0.156. The van der Waals surface area contributed by atoms with E-state index < -0.39 is 5.82 Å². The molecule has 1 amide bonds. The summed E-state index contributed by atoms with van der Waals surface area (Å²) >= 11 is 0. The summed E-state index contributed by atoms with van der Waals surface area (Å²) in [5.41, 5.74) is 4.87. The minimum atomic E-state index is -0.529. The molecule has 5 aromatic rings. The molecule has 1 saturated carbocycles. The number of nitrogens with one attached hydrogen (secondary N) is 3. The number of hydrogen-bond donors (Lipinski definition) is 3. The van der Waals surface area contributed by atoms with Gasteiger partial charge in [0.25, 0.3) is 5.91 Å². The van der Waals surface area contributed by atoms with E-state index in [1.54, 1.807) is 36.8 Å². The quantitative estimate of drug-likeness (QED) is 0.309. The number of halogens is 1. The van der Waals surface area contributed by atoms with Crippen molar-refractivity contribution in [1.82, 2.24) is 24.9 Å². The molecule has 1 fully saturated rings. The highest BCUT2D eigenvalue weighted by Crippen LogP contribution is 2.40. The summed E-state index contributed by atoms with van der Waals surface area (Å²) in [6.45, 7) is 0. The molecular weight excluding hydrogens is 445 g/mol. The summed E-state index contributed by atoms with van der Waals surface area (Å²) in [6, 6.07) is 15.6. The lowest BCUT2D eigenvalue weighted by atomic mass is 10.1. The third-order valence-corrected chi connectivity index (χ3v) is 5.96. The van der Waals surface area contributed by atoms with Gasteiger partial charge in [-0.05, 0) is 66.8 Å². The molecule has 0 saturated heterocycles. The van der Waals surface area contributed by atoms with Crippen LogP contribution in [0.15, 0.2) is 73.4 Å². The fourth-order valence-corrected chi connectivity index (χ4v) is 4.05. The van der Waals surface area contributed by atoms with Gasteiger partial charge in [-0.25, -0.2) is 24.3 Å². The second-order valence-corrected chi connectivity index (χ2v) is 8.40. The fraction of sp³-hybridized carbons (Fsp3) is 0.115. The predicted molar refractivity (Wildman–Crippen MR) is 131 cm³/mol. The van der Waals surface area contributed by atoms with Crippen molar-refractivity contribution in [1.29, 1.82) is 0 Å². The van der Waals surface area contributed by atoms with E-state index in [1.807, 2.05) is 24.3 Å². The number of carbonyl (C=O) groups excluding carboxylic acids is 1. The molecule has 172 valence electrons. The lowest BCUT2D eigenvalue weighted by Crippen LogP contribution is -2.13. The van der Waals surface area contributed by atoms with E-state index in [9.17, 15) is 9.18 Å². The third kappa shape index (κ3) is 4.19. The number of rotatable bonds is 6. The molecule has 6 rings (SSSR count). The van der Waals surface area contributed by atoms with Crippen molar-refractivity contribution in [2.24, 2.45) is 0 Å². The van der Waals surface area contributed by atoms with E-state index in [4.69, 9.17) is 0 Å². The Balaban J connectivity index is 1.28. The molecule has 0 atom stereocenters. The molecule has 1 aliphatic rings. The van der Waals surface area contributed by atoms with Gasteiger partial charge in [-0.3, -0.25) is 4.79 Å². The number of carbonyl (C=O) groups is 1. The molecule has 0 aliphatic heterocycles. The van der Waals surface area contributed by atoms with Crippen LogP contribution in [0, 0.1) is 5.82 Å². The van der Waals surface area contributed by atoms with Crippen molar-refractivity contribution in [2.75, 3.05) is 10.6 Å². The van der Waals surface area contributed by atoms with Gasteiger partial charge in [0, 0.05) is 23.0 Å². The molecule has 0 radical (unpaired) electrons. The van der Waals surface area contributed by atoms with Gasteiger partial charge >= 0.3 is 0 Å². The van der Waals surface area contributed by atoms with Crippen LogP contribution in [0.4, 0.5) is 21.6 Å². The predicted octanol–water partition coefficient (Wildman–Crippen LogP) is 5.43. The second-order valence-electron chi connectivity index (χ2n) is 8.40. The Bertz CT molecular complexity index is 1560. The van der Waals surface area contributed by atoms with Gasteiger partial charge in [0.2, 0.25) is 0 Å². The van der Waals surface area contributed by atoms with E-state index in [-0.39, 0.29) is 11.6 Å². The van der Waals surface area contributed by atoms with Crippen molar-refractivity contribution in [3.63, 3.8) is 0 Å². The van der Waals surface area contributed by atoms with Gasteiger partial charge in [-0.1, -0.05) is 12.1 Å². The first-order chi connectivity index (χ1) is 17.2. The third-order valence-electron chi connectivity index (χ3n) is 5.96. The highest BCUT2D eigenvalue weighted by atomic mass is 19.1. The van der Waals surface area contributed by atoms with Crippen molar-refractivity contribution in [3.05, 3.63) is 90.4 Å². The molecule has 0 unspecified atom stereocenters. The summed E-state index contributed by atoms with van der Waals surface area (Å²) < 4.78 is 14.6. The van der Waals surface area contributed by atoms with Gasteiger partial charge in [-0.2, -0.15) is 0 Å². The average Bonchev–Trinajstić information content (AvgIpc) is 3.63. The zero-order chi connectivity index (χ0) is 23.8. The van der Waals surface area contributed by atoms with Crippen LogP contribution >= 0.6 is 0 Å². The lowest BCUT2D eigenvalue weighted by molar-refractivity contribution is 0.102. The molecule has 8 nitrogen and oxygen atoms in total. The number of H-pyrrole nitrogens is 1. The van der Waals surface area contributed by atoms with Gasteiger partial charge < -0.3 is 15.6 Å². The number of aromatic amines is 1. The van der Waals surface area contributed by atoms with Crippen LogP contribution in [0.2, 0.25) is 0 Å². The molecule has 1 aliphatic carbocycles. The molecule has 3 N–H and O–H groups in total. The Morgan fingerprint density at radius 3 is 2.80 bits per heavy atom. The van der Waals surface area contributed by atoms with Crippen LogP contribution in [0.3, 0.4) is 0 Å². The number of benzene rings is 2. The standard InChI is InChI=1S/C26H20FN7O/c27-20-9-8-18(12-21(20)34-26(35)17-4-1-3-16(11-17)15-6-7-15)33-24-19(5-2-10-28-24)22-23-25(31-13-29-22)32-14-30-23/h1-5,8-15H,6-7H2,(H,28,33)(H,34,35)(H,29,30,31,32). The Labute approximate surface area is 199 Å². The Hall–Kier alpha value is -4.66. The molecular formula is C26H20FN7O. The Morgan fingerprint density at radius 1 is 1.00 bits per heavy atom. The first-order valence-corrected chi connectivity index (χ1v) is 11.2. The molecule has 35 heavy (non-hydrogen) atoms. The minimum absolute atomic E-state index is 0.0762. The number of imidazole rings is 1. The van der Waals surface area contributed by atoms with Gasteiger partial charge in [-0.15, -0.1) is 0 Å². The summed E-state index contributed by atoms with van der Waals surface area (Å²) in [5, 5.41) is 5.92. The SMILES string of the molecule is O=C(Nc1cc(Nc2ncccc2-c2ncnc3nc[nH]c23)ccc1F)c1cccc(C2CC2)c1. The van der Waals surface area contributed by atoms with Crippen LogP contribution in [-0.4, -0.2) is 30.8 Å². The number of hydrogen-bond acceptors (Lipinski definition) is 6. The van der Waals surface area contributed by atoms with Crippen LogP contribution in [-0.2, 0) is 0 Å². The van der Waals surface area contributed by atoms with Crippen LogP contribution < -0.4 is 10.6 Å². The number of amides is 1. The molecule has 0 bridgehead atoms. The Kier molecular flexibility index (Phi) is 5.14. The summed E-state index contributed by atoms with van der Waals surface area (Å²) in [4.78, 5) is 33.1. The monoisotopic (exact) mass is 465 g/mol. The van der Waals surface area contributed by atoms with Crippen molar-refractivity contribution >= 4 is 34.3 Å². The zero-order valence-electron chi connectivity index (χ0n) is 18.5. The molecule has 3 aromatic heterocycles. The molecule has 9 heteroatoms. The maximum absolute atomic E-state index is 14.6. The van der Waals surface area contributed by atoms with Crippen molar-refractivity contribution in [2.45, 2.75) is 18.8 Å². The lowest BCUT2D eigenvalue weighted by Gasteiger charge is -2.13. The van der Waals surface area contributed by atoms with Gasteiger partial charge in [0.15, 0.2) is 5.65 Å². The van der Waals surface area contributed by atoms with Crippen molar-refractivity contribution in [3.8, 4) is 11.3 Å². The molecule has 0 spiro atoms. The highest BCUT2D eigenvalue weighted by molar-refractivity contribution is 6.04. The summed E-state index contributed by atoms with van der Waals surface area (Å²) in [6.07, 6.45) is 6.94. The average molecular weight is 465 g/mol. The topological polar surface area (TPSA) is 108 Å². The molecule has 3 heterocycles. The number of pyridine rings is 1. The van der Waals surface area contributed by atoms with Crippen molar-refractivity contribution < 1.29 is 9.18 Å². The highest BCUT2D eigenvalue weighted by Gasteiger charge is 2.24.